The number of rotatable bonds is 8. The van der Waals surface area contributed by atoms with E-state index in [0.717, 1.165) is 16.7 Å². The van der Waals surface area contributed by atoms with Gasteiger partial charge < -0.3 is 15.5 Å². The van der Waals surface area contributed by atoms with Crippen LogP contribution in [0, 0.1) is 0 Å². The number of benzene rings is 4. The van der Waals surface area contributed by atoms with Crippen molar-refractivity contribution < 1.29 is 19.8 Å². The number of aliphatic carboxylic acids is 1. The molecule has 0 saturated carbocycles. The zero-order chi connectivity index (χ0) is 23.2. The normalized spacial score (nSPS) is 11.5. The third-order valence-corrected chi connectivity index (χ3v) is 5.43. The fourth-order valence-corrected chi connectivity index (χ4v) is 3.66. The van der Waals surface area contributed by atoms with Crippen molar-refractivity contribution in [3.8, 4) is 16.9 Å². The quantitative estimate of drug-likeness (QED) is 0.322. The average Bonchev–Trinajstić information content (AvgIpc) is 2.85. The minimum Gasteiger partial charge on any atom is -0.508 e. The molecule has 1 unspecified atom stereocenters. The predicted octanol–water partition coefficient (Wildman–Crippen LogP) is 5.40. The van der Waals surface area contributed by atoms with E-state index in [1.807, 2.05) is 42.5 Å². The number of carbonyl (C=O) groups is 2. The molecule has 164 valence electrons. The highest BCUT2D eigenvalue weighted by Gasteiger charge is 2.21. The van der Waals surface area contributed by atoms with Gasteiger partial charge in [0.05, 0.1) is 0 Å². The number of carboxylic acids is 1. The van der Waals surface area contributed by atoms with Gasteiger partial charge in [-0.3, -0.25) is 4.79 Å². The number of nitrogens with one attached hydrogen (secondary N) is 1. The van der Waals surface area contributed by atoms with E-state index < -0.39 is 12.0 Å². The molecular weight excluding hydrogens is 414 g/mol. The first kappa shape index (κ1) is 21.8. The second-order valence-electron chi connectivity index (χ2n) is 7.72. The highest BCUT2D eigenvalue weighted by molar-refractivity contribution is 6.12. The van der Waals surface area contributed by atoms with Crippen LogP contribution in [0.3, 0.4) is 0 Å². The molecule has 0 aromatic heterocycles. The average molecular weight is 437 g/mol. The summed E-state index contributed by atoms with van der Waals surface area (Å²) in [6, 6.07) is 29.7. The molecule has 0 aliphatic heterocycles. The molecular formula is C28H23NO4. The summed E-state index contributed by atoms with van der Waals surface area (Å²) in [5.74, 6) is -1.10. The standard InChI is InChI=1S/C28H23NO4/c30-23-16-10-19(11-17-23)18-26(28(32)33)29-25-9-5-4-8-24(25)27(31)22-14-12-21(13-15-22)20-6-2-1-3-7-20/h1-17,26,29-30H,18H2,(H,32,33). The van der Waals surface area contributed by atoms with Crippen molar-refractivity contribution in [2.24, 2.45) is 0 Å². The van der Waals surface area contributed by atoms with E-state index in [4.69, 9.17) is 0 Å². The molecule has 1 atom stereocenters. The number of hydrogen-bond donors (Lipinski definition) is 3. The van der Waals surface area contributed by atoms with E-state index in [2.05, 4.69) is 5.32 Å². The summed E-state index contributed by atoms with van der Waals surface area (Å²) in [7, 11) is 0. The number of phenolic OH excluding ortho intramolecular Hbond substituents is 1. The van der Waals surface area contributed by atoms with E-state index in [0.29, 0.717) is 16.8 Å². The Morgan fingerprint density at radius 2 is 1.33 bits per heavy atom. The van der Waals surface area contributed by atoms with Gasteiger partial charge in [-0.05, 0) is 41.0 Å². The lowest BCUT2D eigenvalue weighted by molar-refractivity contribution is -0.137. The minimum absolute atomic E-state index is 0.118. The van der Waals surface area contributed by atoms with Crippen LogP contribution in [0.15, 0.2) is 103 Å². The number of anilines is 1. The van der Waals surface area contributed by atoms with Gasteiger partial charge in [0.2, 0.25) is 0 Å². The van der Waals surface area contributed by atoms with Crippen molar-refractivity contribution >= 4 is 17.4 Å². The first-order valence-electron chi connectivity index (χ1n) is 10.6. The maximum absolute atomic E-state index is 13.2. The lowest BCUT2D eigenvalue weighted by Gasteiger charge is -2.18. The fraction of sp³-hybridized carbons (Fsp3) is 0.0714. The van der Waals surface area contributed by atoms with Gasteiger partial charge >= 0.3 is 5.97 Å². The van der Waals surface area contributed by atoms with E-state index in [9.17, 15) is 19.8 Å². The lowest BCUT2D eigenvalue weighted by Crippen LogP contribution is -2.32. The number of ketones is 1. The molecule has 33 heavy (non-hydrogen) atoms. The van der Waals surface area contributed by atoms with Crippen molar-refractivity contribution in [1.29, 1.82) is 0 Å². The zero-order valence-corrected chi connectivity index (χ0v) is 17.8. The fourth-order valence-electron chi connectivity index (χ4n) is 3.66. The van der Waals surface area contributed by atoms with Crippen LogP contribution in [0.5, 0.6) is 5.75 Å². The Morgan fingerprint density at radius 1 is 0.727 bits per heavy atom. The van der Waals surface area contributed by atoms with Crippen LogP contribution in [0.25, 0.3) is 11.1 Å². The molecule has 0 heterocycles. The van der Waals surface area contributed by atoms with Crippen molar-refractivity contribution in [2.45, 2.75) is 12.5 Å². The van der Waals surface area contributed by atoms with Crippen LogP contribution in [-0.4, -0.2) is 28.0 Å². The summed E-state index contributed by atoms with van der Waals surface area (Å²) < 4.78 is 0. The van der Waals surface area contributed by atoms with Crippen LogP contribution < -0.4 is 5.32 Å². The van der Waals surface area contributed by atoms with Gasteiger partial charge in [0.15, 0.2) is 5.78 Å². The number of para-hydroxylation sites is 1. The third-order valence-electron chi connectivity index (χ3n) is 5.43. The van der Waals surface area contributed by atoms with Gasteiger partial charge in [0.1, 0.15) is 11.8 Å². The molecule has 0 bridgehead atoms. The Morgan fingerprint density at radius 3 is 2.00 bits per heavy atom. The number of phenols is 1. The van der Waals surface area contributed by atoms with E-state index >= 15 is 0 Å². The Bertz CT molecular complexity index is 1250. The van der Waals surface area contributed by atoms with Gasteiger partial charge in [-0.1, -0.05) is 78.9 Å². The van der Waals surface area contributed by atoms with Crippen molar-refractivity contribution in [3.63, 3.8) is 0 Å². The summed E-state index contributed by atoms with van der Waals surface area (Å²) >= 11 is 0. The maximum Gasteiger partial charge on any atom is 0.326 e. The van der Waals surface area contributed by atoms with Crippen LogP contribution >= 0.6 is 0 Å². The SMILES string of the molecule is O=C(c1ccc(-c2ccccc2)cc1)c1ccccc1NC(Cc1ccc(O)cc1)C(=O)O. The van der Waals surface area contributed by atoms with Crippen LogP contribution in [-0.2, 0) is 11.2 Å². The number of carboxylic acid groups (broad SMARTS) is 1. The van der Waals surface area contributed by atoms with Crippen LogP contribution in [0.4, 0.5) is 5.69 Å². The van der Waals surface area contributed by atoms with E-state index in [1.165, 1.54) is 12.1 Å². The van der Waals surface area contributed by atoms with Gasteiger partial charge in [-0.25, -0.2) is 4.79 Å². The monoisotopic (exact) mass is 437 g/mol. The maximum atomic E-state index is 13.2. The minimum atomic E-state index is -1.03. The molecule has 4 aromatic carbocycles. The molecule has 0 radical (unpaired) electrons. The van der Waals surface area contributed by atoms with E-state index in [1.54, 1.807) is 48.5 Å². The molecule has 4 rings (SSSR count). The first-order chi connectivity index (χ1) is 16.0. The molecule has 0 spiro atoms. The first-order valence-corrected chi connectivity index (χ1v) is 10.6. The number of carbonyl (C=O) groups excluding carboxylic acids is 1. The molecule has 5 nitrogen and oxygen atoms in total. The summed E-state index contributed by atoms with van der Waals surface area (Å²) in [6.07, 6.45) is 0.198. The Kier molecular flexibility index (Phi) is 6.51. The van der Waals surface area contributed by atoms with Crippen molar-refractivity contribution in [1.82, 2.24) is 0 Å². The molecule has 0 aliphatic rings. The number of hydrogen-bond acceptors (Lipinski definition) is 4. The predicted molar refractivity (Wildman–Crippen MR) is 129 cm³/mol. The lowest BCUT2D eigenvalue weighted by atomic mass is 9.98. The van der Waals surface area contributed by atoms with Crippen LogP contribution in [0.1, 0.15) is 21.5 Å². The summed E-state index contributed by atoms with van der Waals surface area (Å²) in [5, 5.41) is 22.2. The smallest absolute Gasteiger partial charge is 0.326 e. The Balaban J connectivity index is 1.56. The Hall–Kier alpha value is -4.38. The van der Waals surface area contributed by atoms with Gasteiger partial charge in [-0.15, -0.1) is 0 Å². The molecule has 0 fully saturated rings. The molecule has 0 amide bonds. The molecule has 4 aromatic rings. The van der Waals surface area contributed by atoms with E-state index in [-0.39, 0.29) is 18.0 Å². The van der Waals surface area contributed by atoms with Crippen LogP contribution in [0.2, 0.25) is 0 Å². The topological polar surface area (TPSA) is 86.6 Å². The number of aromatic hydroxyl groups is 1. The summed E-state index contributed by atoms with van der Waals surface area (Å²) in [5.41, 5.74) is 4.22. The zero-order valence-electron chi connectivity index (χ0n) is 17.8. The van der Waals surface area contributed by atoms with Crippen molar-refractivity contribution in [3.05, 3.63) is 120 Å². The Labute approximate surface area is 192 Å². The van der Waals surface area contributed by atoms with Gasteiger partial charge in [0, 0.05) is 23.2 Å². The summed E-state index contributed by atoms with van der Waals surface area (Å²) in [4.78, 5) is 25.1. The van der Waals surface area contributed by atoms with Gasteiger partial charge in [-0.2, -0.15) is 0 Å². The molecule has 3 N–H and O–H groups in total. The molecule has 5 heteroatoms. The van der Waals surface area contributed by atoms with Crippen molar-refractivity contribution in [2.75, 3.05) is 5.32 Å². The summed E-state index contributed by atoms with van der Waals surface area (Å²) in [6.45, 7) is 0. The second-order valence-corrected chi connectivity index (χ2v) is 7.72. The largest absolute Gasteiger partial charge is 0.508 e. The highest BCUT2D eigenvalue weighted by atomic mass is 16.4. The molecule has 0 aliphatic carbocycles. The second kappa shape index (κ2) is 9.83. The third kappa shape index (κ3) is 5.28. The van der Waals surface area contributed by atoms with Gasteiger partial charge in [0.25, 0.3) is 0 Å². The molecule has 0 saturated heterocycles. The highest BCUT2D eigenvalue weighted by Crippen LogP contribution is 2.24.